The summed E-state index contributed by atoms with van der Waals surface area (Å²) in [4.78, 5) is 0. The Morgan fingerprint density at radius 2 is 1.61 bits per heavy atom. The second-order valence-electron chi connectivity index (χ2n) is 11.2. The second kappa shape index (κ2) is 7.88. The number of fused-ring (bicyclic) bond motifs is 1. The smallest absolute Gasteiger partial charge is 0.130 e. The standard InChI is InChI=1S/C31H34OSi/c1-21-18-23(31(2,3)4)19-29(21)33(5,6)30-25-15-10-14-24(22-12-8-7-9-13-22)26(25)20-27(30)28-16-11-17-32-28/h7-20,29-30H,1-6H3. The quantitative estimate of drug-likeness (QED) is 0.361. The van der Waals surface area contributed by atoms with E-state index in [1.165, 1.54) is 39.0 Å². The lowest BCUT2D eigenvalue weighted by Gasteiger charge is -2.38. The van der Waals surface area contributed by atoms with Crippen LogP contribution in [0, 0.1) is 5.41 Å². The molecule has 1 nitrogen and oxygen atoms in total. The first-order chi connectivity index (χ1) is 15.7. The van der Waals surface area contributed by atoms with Gasteiger partial charge in [-0.3, -0.25) is 0 Å². The van der Waals surface area contributed by atoms with Crippen molar-refractivity contribution in [3.8, 4) is 11.1 Å². The molecule has 0 saturated heterocycles. The molecule has 168 valence electrons. The lowest BCUT2D eigenvalue weighted by Crippen LogP contribution is -2.39. The fraction of sp³-hybridized carbons (Fsp3) is 0.290. The van der Waals surface area contributed by atoms with E-state index in [0.29, 0.717) is 11.1 Å². The summed E-state index contributed by atoms with van der Waals surface area (Å²) in [5.74, 6) is 1.01. The van der Waals surface area contributed by atoms with Gasteiger partial charge in [0.15, 0.2) is 0 Å². The van der Waals surface area contributed by atoms with Gasteiger partial charge >= 0.3 is 0 Å². The Bertz CT molecular complexity index is 1260. The Labute approximate surface area is 199 Å². The highest BCUT2D eigenvalue weighted by Gasteiger charge is 2.47. The molecule has 2 aliphatic rings. The van der Waals surface area contributed by atoms with Crippen molar-refractivity contribution < 1.29 is 4.42 Å². The van der Waals surface area contributed by atoms with E-state index in [1.807, 2.05) is 6.07 Å². The molecular formula is C31H34OSi. The molecule has 2 unspecified atom stereocenters. The van der Waals surface area contributed by atoms with Crippen LogP contribution >= 0.6 is 0 Å². The highest BCUT2D eigenvalue weighted by molar-refractivity contribution is 6.83. The van der Waals surface area contributed by atoms with Gasteiger partial charge in [-0.2, -0.15) is 0 Å². The minimum absolute atomic E-state index is 0.175. The summed E-state index contributed by atoms with van der Waals surface area (Å²) in [5.41, 5.74) is 10.8. The molecular weight excluding hydrogens is 416 g/mol. The van der Waals surface area contributed by atoms with Crippen molar-refractivity contribution in [1.29, 1.82) is 0 Å². The van der Waals surface area contributed by atoms with E-state index < -0.39 is 8.07 Å². The van der Waals surface area contributed by atoms with Crippen molar-refractivity contribution in [2.75, 3.05) is 0 Å². The third kappa shape index (κ3) is 3.71. The molecule has 33 heavy (non-hydrogen) atoms. The first-order valence-electron chi connectivity index (χ1n) is 12.0. The molecule has 1 aromatic heterocycles. The van der Waals surface area contributed by atoms with E-state index in [-0.39, 0.29) is 5.41 Å². The van der Waals surface area contributed by atoms with Gasteiger partial charge < -0.3 is 4.42 Å². The Morgan fingerprint density at radius 1 is 0.848 bits per heavy atom. The van der Waals surface area contributed by atoms with Crippen molar-refractivity contribution in [2.24, 2.45) is 5.41 Å². The van der Waals surface area contributed by atoms with Gasteiger partial charge in [0, 0.05) is 11.1 Å². The topological polar surface area (TPSA) is 13.1 Å². The van der Waals surface area contributed by atoms with Gasteiger partial charge in [0.1, 0.15) is 5.76 Å². The monoisotopic (exact) mass is 450 g/mol. The maximum Gasteiger partial charge on any atom is 0.130 e. The first-order valence-corrected chi connectivity index (χ1v) is 15.2. The molecule has 2 atom stereocenters. The van der Waals surface area contributed by atoms with Gasteiger partial charge in [-0.25, -0.2) is 0 Å². The first kappa shape index (κ1) is 22.0. The number of rotatable bonds is 4. The van der Waals surface area contributed by atoms with Gasteiger partial charge in [-0.05, 0) is 63.9 Å². The van der Waals surface area contributed by atoms with Crippen molar-refractivity contribution in [3.63, 3.8) is 0 Å². The van der Waals surface area contributed by atoms with Gasteiger partial charge in [0.05, 0.1) is 14.3 Å². The van der Waals surface area contributed by atoms with E-state index in [4.69, 9.17) is 4.42 Å². The summed E-state index contributed by atoms with van der Waals surface area (Å²) in [7, 11) is -1.89. The van der Waals surface area contributed by atoms with E-state index in [0.717, 1.165) is 5.76 Å². The van der Waals surface area contributed by atoms with Crippen molar-refractivity contribution in [1.82, 2.24) is 0 Å². The zero-order valence-electron chi connectivity index (χ0n) is 20.6. The molecule has 0 fully saturated rings. The van der Waals surface area contributed by atoms with Crippen LogP contribution in [0.3, 0.4) is 0 Å². The lowest BCUT2D eigenvalue weighted by molar-refractivity contribution is 0.517. The molecule has 5 rings (SSSR count). The average molecular weight is 451 g/mol. The molecule has 0 radical (unpaired) electrons. The van der Waals surface area contributed by atoms with Crippen LogP contribution in [-0.4, -0.2) is 8.07 Å². The Morgan fingerprint density at radius 3 is 2.24 bits per heavy atom. The van der Waals surface area contributed by atoms with Crippen LogP contribution in [0.25, 0.3) is 22.8 Å². The molecule has 0 aliphatic heterocycles. The predicted octanol–water partition coefficient (Wildman–Crippen LogP) is 9.13. The Balaban J connectivity index is 1.67. The maximum atomic E-state index is 6.01. The highest BCUT2D eigenvalue weighted by atomic mass is 28.3. The Kier molecular flexibility index (Phi) is 5.25. The van der Waals surface area contributed by atoms with Gasteiger partial charge in [-0.1, -0.05) is 100 Å². The molecule has 2 aliphatic carbocycles. The second-order valence-corrected chi connectivity index (χ2v) is 16.1. The lowest BCUT2D eigenvalue weighted by atomic mass is 9.87. The predicted molar refractivity (Wildman–Crippen MR) is 144 cm³/mol. The van der Waals surface area contributed by atoms with E-state index in [9.17, 15) is 0 Å². The number of benzene rings is 2. The van der Waals surface area contributed by atoms with Crippen LogP contribution < -0.4 is 0 Å². The molecule has 0 bridgehead atoms. The van der Waals surface area contributed by atoms with Crippen LogP contribution in [-0.2, 0) is 0 Å². The summed E-state index contributed by atoms with van der Waals surface area (Å²) in [5, 5.41) is 0. The van der Waals surface area contributed by atoms with Gasteiger partial charge in [0.25, 0.3) is 0 Å². The van der Waals surface area contributed by atoms with Crippen LogP contribution in [0.1, 0.15) is 50.1 Å². The average Bonchev–Trinajstić information content (AvgIpc) is 3.51. The number of hydrogen-bond donors (Lipinski definition) is 0. The number of allylic oxidation sites excluding steroid dienone is 5. The summed E-state index contributed by atoms with van der Waals surface area (Å²) < 4.78 is 6.01. The third-order valence-corrected chi connectivity index (χ3v) is 11.9. The normalized spacial score (nSPS) is 20.4. The zero-order valence-corrected chi connectivity index (χ0v) is 21.6. The van der Waals surface area contributed by atoms with Gasteiger partial charge in [0.2, 0.25) is 0 Å². The van der Waals surface area contributed by atoms with Crippen LogP contribution in [0.15, 0.2) is 94.6 Å². The molecule has 0 N–H and O–H groups in total. The zero-order chi connectivity index (χ0) is 23.4. The van der Waals surface area contributed by atoms with Crippen LogP contribution in [0.2, 0.25) is 18.6 Å². The van der Waals surface area contributed by atoms with Crippen LogP contribution in [0.5, 0.6) is 0 Å². The fourth-order valence-electron chi connectivity index (χ4n) is 5.87. The number of furan rings is 1. The van der Waals surface area contributed by atoms with Gasteiger partial charge in [-0.15, -0.1) is 0 Å². The van der Waals surface area contributed by atoms with E-state index in [2.05, 4.69) is 114 Å². The number of hydrogen-bond acceptors (Lipinski definition) is 1. The summed E-state index contributed by atoms with van der Waals surface area (Å²) in [6.07, 6.45) is 9.26. The Hall–Kier alpha value is -2.84. The largest absolute Gasteiger partial charge is 0.465 e. The molecule has 2 heteroatoms. The highest BCUT2D eigenvalue weighted by Crippen LogP contribution is 2.55. The SMILES string of the molecule is CC1=CC(C(C)(C)C)=CC1[Si](C)(C)C1C(c2ccco2)=Cc2c(-c3ccccc3)cccc21. The third-order valence-electron chi connectivity index (χ3n) is 7.58. The fourth-order valence-corrected chi connectivity index (χ4v) is 10.2. The molecule has 1 heterocycles. The minimum atomic E-state index is -1.89. The minimum Gasteiger partial charge on any atom is -0.465 e. The van der Waals surface area contributed by atoms with E-state index >= 15 is 0 Å². The summed E-state index contributed by atoms with van der Waals surface area (Å²) >= 11 is 0. The van der Waals surface area contributed by atoms with Crippen LogP contribution in [0.4, 0.5) is 0 Å². The summed E-state index contributed by atoms with van der Waals surface area (Å²) in [6.45, 7) is 14.5. The van der Waals surface area contributed by atoms with E-state index in [1.54, 1.807) is 6.26 Å². The molecule has 0 spiro atoms. The van der Waals surface area contributed by atoms with Crippen molar-refractivity contribution in [2.45, 2.75) is 51.9 Å². The maximum absolute atomic E-state index is 6.01. The molecule has 2 aromatic carbocycles. The summed E-state index contributed by atoms with van der Waals surface area (Å²) in [6, 6.07) is 21.8. The van der Waals surface area contributed by atoms with Crippen molar-refractivity contribution >= 4 is 19.7 Å². The van der Waals surface area contributed by atoms with Crippen molar-refractivity contribution in [3.05, 3.63) is 107 Å². The molecule has 0 saturated carbocycles. The molecule has 3 aromatic rings. The molecule has 0 amide bonds.